The topological polar surface area (TPSA) is 57.8 Å². The molecule has 0 amide bonds. The van der Waals surface area contributed by atoms with E-state index in [1.807, 2.05) is 60.7 Å². The van der Waals surface area contributed by atoms with E-state index in [9.17, 15) is 5.11 Å². The molecule has 4 nitrogen and oxygen atoms in total. The molecule has 3 rings (SSSR count). The number of aromatic nitrogens is 1. The first-order valence-electron chi connectivity index (χ1n) is 6.21. The lowest BCUT2D eigenvalue weighted by atomic mass is 10.3. The Balaban J connectivity index is 1.77. The fourth-order valence-electron chi connectivity index (χ4n) is 1.58. The minimum atomic E-state index is -0.0851. The van der Waals surface area contributed by atoms with Gasteiger partial charge in [0.2, 0.25) is 5.00 Å². The molecule has 0 aliphatic carbocycles. The first-order chi connectivity index (χ1) is 10.3. The van der Waals surface area contributed by atoms with Gasteiger partial charge in [-0.25, -0.2) is 0 Å². The predicted molar refractivity (Wildman–Crippen MR) is 85.0 cm³/mol. The predicted octanol–water partition coefficient (Wildman–Crippen LogP) is 5.42. The van der Waals surface area contributed by atoms with Crippen molar-refractivity contribution in [3.05, 3.63) is 60.7 Å². The van der Waals surface area contributed by atoms with Crippen LogP contribution in [0.4, 0.5) is 10.7 Å². The van der Waals surface area contributed by atoms with E-state index < -0.39 is 0 Å². The molecule has 0 aliphatic heterocycles. The minimum Gasteiger partial charge on any atom is -0.491 e. The van der Waals surface area contributed by atoms with E-state index in [0.29, 0.717) is 5.00 Å². The second kappa shape index (κ2) is 6.51. The molecule has 104 valence electrons. The van der Waals surface area contributed by atoms with Crippen LogP contribution in [0.1, 0.15) is 0 Å². The number of aromatic hydroxyl groups is 1. The molecule has 0 saturated heterocycles. The molecule has 0 bridgehead atoms. The molecule has 0 aliphatic rings. The maximum atomic E-state index is 9.82. The number of hydrogen-bond acceptors (Lipinski definition) is 6. The van der Waals surface area contributed by atoms with E-state index in [2.05, 4.69) is 15.2 Å². The molecule has 3 aromatic rings. The number of rotatable bonds is 4. The Morgan fingerprint density at radius 2 is 1.57 bits per heavy atom. The smallest absolute Gasteiger partial charge is 0.252 e. The van der Waals surface area contributed by atoms with Gasteiger partial charge in [0, 0.05) is 4.90 Å². The first kappa shape index (κ1) is 13.8. The van der Waals surface area contributed by atoms with Crippen molar-refractivity contribution in [2.45, 2.75) is 9.24 Å². The molecule has 1 heterocycles. The number of azo groups is 1. The maximum Gasteiger partial charge on any atom is 0.252 e. The van der Waals surface area contributed by atoms with E-state index >= 15 is 0 Å². The van der Waals surface area contributed by atoms with E-state index in [1.165, 1.54) is 23.1 Å². The van der Waals surface area contributed by atoms with Gasteiger partial charge < -0.3 is 5.11 Å². The molecule has 0 fully saturated rings. The number of thiazole rings is 1. The van der Waals surface area contributed by atoms with E-state index in [1.54, 1.807) is 0 Å². The third-order valence-electron chi connectivity index (χ3n) is 2.53. The van der Waals surface area contributed by atoms with E-state index in [4.69, 9.17) is 0 Å². The van der Waals surface area contributed by atoms with Crippen LogP contribution in [0.2, 0.25) is 0 Å². The molecule has 0 unspecified atom stereocenters. The molecule has 21 heavy (non-hydrogen) atoms. The largest absolute Gasteiger partial charge is 0.491 e. The molecule has 1 N–H and O–H groups in total. The molecular weight excluding hydrogens is 302 g/mol. The lowest BCUT2D eigenvalue weighted by molar-refractivity contribution is 0.455. The minimum absolute atomic E-state index is 0.0851. The van der Waals surface area contributed by atoms with Crippen LogP contribution in [0.15, 0.2) is 80.1 Å². The molecule has 0 saturated carbocycles. The summed E-state index contributed by atoms with van der Waals surface area (Å²) in [4.78, 5) is 5.17. The summed E-state index contributed by atoms with van der Waals surface area (Å²) in [6.45, 7) is 0. The van der Waals surface area contributed by atoms with Crippen LogP contribution in [-0.4, -0.2) is 10.1 Å². The lowest BCUT2D eigenvalue weighted by Gasteiger charge is -1.94. The van der Waals surface area contributed by atoms with Crippen LogP contribution < -0.4 is 0 Å². The zero-order valence-corrected chi connectivity index (χ0v) is 12.5. The third-order valence-corrected chi connectivity index (χ3v) is 4.53. The van der Waals surface area contributed by atoms with Crippen LogP contribution in [0, 0.1) is 0 Å². The van der Waals surface area contributed by atoms with Gasteiger partial charge in [-0.15, -0.1) is 10.2 Å². The van der Waals surface area contributed by atoms with Crippen molar-refractivity contribution in [2.75, 3.05) is 0 Å². The lowest BCUT2D eigenvalue weighted by Crippen LogP contribution is -1.70. The van der Waals surface area contributed by atoms with Gasteiger partial charge in [-0.3, -0.25) is 0 Å². The van der Waals surface area contributed by atoms with Gasteiger partial charge in [0.25, 0.3) is 5.88 Å². The zero-order valence-electron chi connectivity index (χ0n) is 10.9. The number of benzene rings is 2. The molecule has 0 spiro atoms. The zero-order chi connectivity index (χ0) is 14.5. The summed E-state index contributed by atoms with van der Waals surface area (Å²) in [6.07, 6.45) is 0. The van der Waals surface area contributed by atoms with Crippen LogP contribution in [0.3, 0.4) is 0 Å². The molecule has 1 aromatic heterocycles. The average Bonchev–Trinajstić information content (AvgIpc) is 2.87. The molecule has 6 heteroatoms. The van der Waals surface area contributed by atoms with E-state index in [0.717, 1.165) is 14.9 Å². The average molecular weight is 313 g/mol. The Bertz CT molecular complexity index is 742. The van der Waals surface area contributed by atoms with Gasteiger partial charge in [-0.1, -0.05) is 59.5 Å². The SMILES string of the molecule is Oc1nc(Sc2ccccc2)sc1N=Nc1ccccc1. The van der Waals surface area contributed by atoms with Crippen molar-refractivity contribution in [3.8, 4) is 5.88 Å². The summed E-state index contributed by atoms with van der Waals surface area (Å²) >= 11 is 2.81. The van der Waals surface area contributed by atoms with Gasteiger partial charge in [0.05, 0.1) is 5.69 Å². The molecule has 0 atom stereocenters. The van der Waals surface area contributed by atoms with Gasteiger partial charge in [-0.2, -0.15) is 4.98 Å². The highest BCUT2D eigenvalue weighted by Gasteiger charge is 2.10. The summed E-state index contributed by atoms with van der Waals surface area (Å²) in [7, 11) is 0. The third kappa shape index (κ3) is 3.68. The van der Waals surface area contributed by atoms with Crippen molar-refractivity contribution < 1.29 is 5.11 Å². The summed E-state index contributed by atoms with van der Waals surface area (Å²) in [5.74, 6) is -0.0851. The highest BCUT2D eigenvalue weighted by molar-refractivity contribution is 8.01. The number of hydrogen-bond donors (Lipinski definition) is 1. The van der Waals surface area contributed by atoms with Gasteiger partial charge in [0.15, 0.2) is 4.34 Å². The molecule has 0 radical (unpaired) electrons. The van der Waals surface area contributed by atoms with Crippen molar-refractivity contribution in [2.24, 2.45) is 10.2 Å². The van der Waals surface area contributed by atoms with Crippen molar-refractivity contribution in [1.82, 2.24) is 4.98 Å². The summed E-state index contributed by atoms with van der Waals surface area (Å²) in [5.41, 5.74) is 0.738. The second-order valence-electron chi connectivity index (χ2n) is 4.06. The standard InChI is InChI=1S/C15H11N3OS2/c19-13-14(18-17-11-7-3-1-4-8-11)21-15(16-13)20-12-9-5-2-6-10-12/h1-10,19H. The maximum absolute atomic E-state index is 9.82. The van der Waals surface area contributed by atoms with Crippen molar-refractivity contribution >= 4 is 33.8 Å². The first-order valence-corrected chi connectivity index (χ1v) is 7.84. The second-order valence-corrected chi connectivity index (χ2v) is 6.36. The fourth-order valence-corrected chi connectivity index (χ4v) is 3.42. The number of nitrogens with zero attached hydrogens (tertiary/aromatic N) is 3. The Labute approximate surface area is 130 Å². The van der Waals surface area contributed by atoms with Crippen LogP contribution in [-0.2, 0) is 0 Å². The van der Waals surface area contributed by atoms with E-state index in [-0.39, 0.29) is 5.88 Å². The molecular formula is C15H11N3OS2. The van der Waals surface area contributed by atoms with Gasteiger partial charge in [0.1, 0.15) is 0 Å². The van der Waals surface area contributed by atoms with Crippen molar-refractivity contribution in [3.63, 3.8) is 0 Å². The van der Waals surface area contributed by atoms with Crippen LogP contribution >= 0.6 is 23.1 Å². The summed E-state index contributed by atoms with van der Waals surface area (Å²) < 4.78 is 0.737. The Morgan fingerprint density at radius 1 is 0.905 bits per heavy atom. The highest BCUT2D eigenvalue weighted by Crippen LogP contribution is 2.41. The monoisotopic (exact) mass is 313 g/mol. The highest BCUT2D eigenvalue weighted by atomic mass is 32.2. The Hall–Kier alpha value is -2.18. The normalized spacial score (nSPS) is 11.0. The van der Waals surface area contributed by atoms with Gasteiger partial charge in [-0.05, 0) is 24.3 Å². The van der Waals surface area contributed by atoms with Crippen molar-refractivity contribution in [1.29, 1.82) is 0 Å². The summed E-state index contributed by atoms with van der Waals surface area (Å²) in [6, 6.07) is 19.3. The molecule has 2 aromatic carbocycles. The van der Waals surface area contributed by atoms with Crippen LogP contribution in [0.25, 0.3) is 0 Å². The fraction of sp³-hybridized carbons (Fsp3) is 0. The Kier molecular flexibility index (Phi) is 4.28. The van der Waals surface area contributed by atoms with Crippen LogP contribution in [0.5, 0.6) is 5.88 Å². The quantitative estimate of drug-likeness (QED) is 0.655. The Morgan fingerprint density at radius 3 is 2.29 bits per heavy atom. The van der Waals surface area contributed by atoms with Gasteiger partial charge >= 0.3 is 0 Å². The summed E-state index contributed by atoms with van der Waals surface area (Å²) in [5, 5.41) is 18.4.